The number of ether oxygens (including phenoxy) is 3. The van der Waals surface area contributed by atoms with Crippen molar-refractivity contribution in [2.75, 3.05) is 31.7 Å². The fraction of sp³-hybridized carbons (Fsp3) is 0.316. The molecule has 0 unspecified atom stereocenters. The number of alkyl halides is 4. The number of nitrogens with zero attached hydrogens (tertiary/aromatic N) is 3. The number of hydrogen-bond donors (Lipinski definition) is 1. The minimum atomic E-state index is -4.18. The summed E-state index contributed by atoms with van der Waals surface area (Å²) in [5.41, 5.74) is 1.72. The highest BCUT2D eigenvalue weighted by Crippen LogP contribution is 2.30. The minimum absolute atomic E-state index is 0.0368. The topological polar surface area (TPSA) is 133 Å². The maximum Gasteiger partial charge on any atom is 0.387 e. The van der Waals surface area contributed by atoms with Crippen molar-refractivity contribution < 1.29 is 45.1 Å². The highest BCUT2D eigenvalue weighted by atomic mass is 32.2. The minimum Gasteiger partial charge on any atom is -0.435 e. The van der Waals surface area contributed by atoms with E-state index in [0.717, 1.165) is 46.9 Å². The van der Waals surface area contributed by atoms with Gasteiger partial charge in [0.1, 0.15) is 16.4 Å². The van der Waals surface area contributed by atoms with Gasteiger partial charge in [-0.25, -0.2) is 8.42 Å². The second-order valence-electron chi connectivity index (χ2n) is 6.78. The van der Waals surface area contributed by atoms with Gasteiger partial charge in [0, 0.05) is 36.9 Å². The molecule has 1 N–H and O–H groups in total. The number of rotatable bonds is 10. The van der Waals surface area contributed by atoms with E-state index in [1.165, 1.54) is 0 Å². The van der Waals surface area contributed by atoms with Gasteiger partial charge in [-0.2, -0.15) is 27.0 Å². The van der Waals surface area contributed by atoms with Crippen molar-refractivity contribution in [2.45, 2.75) is 18.1 Å². The molecular weight excluding hydrogens is 504 g/mol. The molecule has 0 atom stereocenters. The average Bonchev–Trinajstić information content (AvgIpc) is 2.80. The summed E-state index contributed by atoms with van der Waals surface area (Å²) in [4.78, 5) is 9.99. The molecule has 0 saturated carbocycles. The maximum atomic E-state index is 13.1. The third-order valence-electron chi connectivity index (χ3n) is 4.58. The number of non-ortho nitro benzene ring substituents is 1. The first-order valence-corrected chi connectivity index (χ1v) is 11.2. The van der Waals surface area contributed by atoms with Crippen LogP contribution < -0.4 is 14.9 Å². The first-order chi connectivity index (χ1) is 16.6. The molecule has 0 aliphatic carbocycles. The zero-order chi connectivity index (χ0) is 25.6. The number of nitro benzene ring substituents is 1. The molecule has 1 fully saturated rings. The van der Waals surface area contributed by atoms with Gasteiger partial charge in [-0.15, -0.1) is 0 Å². The van der Waals surface area contributed by atoms with Crippen LogP contribution in [0.15, 0.2) is 46.4 Å². The number of nitro groups is 1. The Morgan fingerprint density at radius 2 is 1.77 bits per heavy atom. The lowest BCUT2D eigenvalue weighted by Gasteiger charge is -2.26. The summed E-state index contributed by atoms with van der Waals surface area (Å²) in [7, 11) is -4.18. The smallest absolute Gasteiger partial charge is 0.387 e. The molecular formula is C19H18F4N4O7S. The first kappa shape index (κ1) is 26.1. The molecule has 1 aliphatic heterocycles. The maximum absolute atomic E-state index is 13.1. The SMILES string of the molecule is O=[N+]([O-])c1ccc(NN=Cc2ccc(OC(F)F)cc2OC(F)F)c(S(=O)(=O)N2CCOCC2)c1. The van der Waals surface area contributed by atoms with Crippen LogP contribution in [0, 0.1) is 10.1 Å². The van der Waals surface area contributed by atoms with Crippen molar-refractivity contribution in [1.29, 1.82) is 0 Å². The summed E-state index contributed by atoms with van der Waals surface area (Å²) in [5, 5.41) is 15.0. The van der Waals surface area contributed by atoms with Crippen molar-refractivity contribution in [3.05, 3.63) is 52.1 Å². The molecule has 0 aromatic heterocycles. The van der Waals surface area contributed by atoms with E-state index in [0.29, 0.717) is 0 Å². The van der Waals surface area contributed by atoms with E-state index in [4.69, 9.17) is 4.74 Å². The van der Waals surface area contributed by atoms with Crippen molar-refractivity contribution in [3.8, 4) is 11.5 Å². The van der Waals surface area contributed by atoms with E-state index in [2.05, 4.69) is 20.0 Å². The molecule has 16 heteroatoms. The van der Waals surface area contributed by atoms with Gasteiger partial charge in [-0.3, -0.25) is 15.5 Å². The van der Waals surface area contributed by atoms with Gasteiger partial charge in [0.2, 0.25) is 10.0 Å². The number of hydrogen-bond acceptors (Lipinski definition) is 9. The van der Waals surface area contributed by atoms with Gasteiger partial charge < -0.3 is 14.2 Å². The molecule has 0 amide bonds. The Morgan fingerprint density at radius 1 is 1.09 bits per heavy atom. The quantitative estimate of drug-likeness (QED) is 0.218. The summed E-state index contributed by atoms with van der Waals surface area (Å²) < 4.78 is 91.2. The predicted octanol–water partition coefficient (Wildman–Crippen LogP) is 3.26. The molecule has 2 aromatic carbocycles. The normalized spacial score (nSPS) is 15.0. The highest BCUT2D eigenvalue weighted by molar-refractivity contribution is 7.89. The van der Waals surface area contributed by atoms with Crippen LogP contribution in [0.5, 0.6) is 11.5 Å². The predicted molar refractivity (Wildman–Crippen MR) is 114 cm³/mol. The Bertz CT molecular complexity index is 1190. The molecule has 11 nitrogen and oxygen atoms in total. The zero-order valence-electron chi connectivity index (χ0n) is 17.6. The van der Waals surface area contributed by atoms with Crippen molar-refractivity contribution in [2.24, 2.45) is 5.10 Å². The van der Waals surface area contributed by atoms with Crippen LogP contribution in [-0.2, 0) is 14.8 Å². The summed E-state index contributed by atoms with van der Waals surface area (Å²) in [5.74, 6) is -0.969. The van der Waals surface area contributed by atoms with Crippen LogP contribution in [-0.4, -0.2) is 63.4 Å². The largest absolute Gasteiger partial charge is 0.435 e. The van der Waals surface area contributed by atoms with Gasteiger partial charge in [0.25, 0.3) is 5.69 Å². The van der Waals surface area contributed by atoms with Gasteiger partial charge in [0.15, 0.2) is 0 Å². The molecule has 0 radical (unpaired) electrons. The number of hydrazone groups is 1. The zero-order valence-corrected chi connectivity index (χ0v) is 18.5. The summed E-state index contributed by atoms with van der Waals surface area (Å²) >= 11 is 0. The van der Waals surface area contributed by atoms with Crippen LogP contribution in [0.2, 0.25) is 0 Å². The van der Waals surface area contributed by atoms with Crippen LogP contribution in [0.25, 0.3) is 0 Å². The van der Waals surface area contributed by atoms with E-state index in [1.54, 1.807) is 0 Å². The number of nitrogens with one attached hydrogen (secondary N) is 1. The van der Waals surface area contributed by atoms with Crippen LogP contribution in [0.4, 0.5) is 28.9 Å². The van der Waals surface area contributed by atoms with Crippen LogP contribution in [0.1, 0.15) is 5.56 Å². The van der Waals surface area contributed by atoms with Crippen LogP contribution >= 0.6 is 0 Å². The lowest BCUT2D eigenvalue weighted by atomic mass is 10.2. The first-order valence-electron chi connectivity index (χ1n) is 9.77. The fourth-order valence-electron chi connectivity index (χ4n) is 3.02. The number of halogens is 4. The number of anilines is 1. The monoisotopic (exact) mass is 522 g/mol. The molecule has 35 heavy (non-hydrogen) atoms. The summed E-state index contributed by atoms with van der Waals surface area (Å²) in [6.45, 7) is -6.11. The van der Waals surface area contributed by atoms with Gasteiger partial charge in [-0.05, 0) is 18.2 Å². The van der Waals surface area contributed by atoms with Crippen LogP contribution in [0.3, 0.4) is 0 Å². The summed E-state index contributed by atoms with van der Waals surface area (Å²) in [6.07, 6.45) is 0.969. The van der Waals surface area contributed by atoms with Gasteiger partial charge in [0.05, 0.1) is 30.0 Å². The Balaban J connectivity index is 1.91. The highest BCUT2D eigenvalue weighted by Gasteiger charge is 2.30. The molecule has 3 rings (SSSR count). The fourth-order valence-corrected chi connectivity index (χ4v) is 4.59. The van der Waals surface area contributed by atoms with Crippen molar-refractivity contribution >= 4 is 27.6 Å². The Kier molecular flexibility index (Phi) is 8.42. The lowest BCUT2D eigenvalue weighted by molar-refractivity contribution is -0.385. The molecule has 1 saturated heterocycles. The third-order valence-corrected chi connectivity index (χ3v) is 6.52. The molecule has 0 bridgehead atoms. The number of morpholine rings is 1. The van der Waals surface area contributed by atoms with E-state index in [-0.39, 0.29) is 37.6 Å². The Morgan fingerprint density at radius 3 is 2.40 bits per heavy atom. The lowest BCUT2D eigenvalue weighted by Crippen LogP contribution is -2.40. The van der Waals surface area contributed by atoms with E-state index < -0.39 is 50.3 Å². The molecule has 1 heterocycles. The standard InChI is InChI=1S/C19H18F4N4O7S/c20-18(21)33-14-3-1-12(16(10-14)34-19(22)23)11-24-25-15-4-2-13(27(28)29)9-17(15)35(30,31)26-5-7-32-8-6-26/h1-4,9-11,18-19,25H,5-8H2. The molecule has 1 aliphatic rings. The second kappa shape index (κ2) is 11.3. The number of benzene rings is 2. The van der Waals surface area contributed by atoms with Crippen molar-refractivity contribution in [3.63, 3.8) is 0 Å². The van der Waals surface area contributed by atoms with Gasteiger partial charge in [-0.1, -0.05) is 0 Å². The second-order valence-corrected chi connectivity index (χ2v) is 8.69. The van der Waals surface area contributed by atoms with Crippen molar-refractivity contribution in [1.82, 2.24) is 4.31 Å². The van der Waals surface area contributed by atoms with E-state index >= 15 is 0 Å². The third kappa shape index (κ3) is 6.77. The van der Waals surface area contributed by atoms with E-state index in [9.17, 15) is 36.1 Å². The average molecular weight is 522 g/mol. The van der Waals surface area contributed by atoms with Gasteiger partial charge >= 0.3 is 13.2 Å². The molecule has 2 aromatic rings. The Hall–Kier alpha value is -3.50. The Labute approximate surface area is 196 Å². The molecule has 190 valence electrons. The summed E-state index contributed by atoms with van der Waals surface area (Å²) in [6, 6.07) is 6.02. The van der Waals surface area contributed by atoms with E-state index in [1.807, 2.05) is 0 Å². The number of sulfonamides is 1. The molecule has 0 spiro atoms.